The molecule has 0 atom stereocenters. The average Bonchev–Trinajstić information content (AvgIpc) is 3.13. The van der Waals surface area contributed by atoms with Crippen LogP contribution in [-0.4, -0.2) is 21.0 Å². The topological polar surface area (TPSA) is 57.0 Å². The first-order valence-corrected chi connectivity index (χ1v) is 9.54. The van der Waals surface area contributed by atoms with Crippen LogP contribution < -0.4 is 10.3 Å². The molecular weight excluding hydrogens is 382 g/mol. The van der Waals surface area contributed by atoms with E-state index in [2.05, 4.69) is 9.36 Å². The molecule has 2 aromatic heterocycles. The Bertz CT molecular complexity index is 1130. The molecule has 4 rings (SSSR count). The number of aryl methyl sites for hydroxylation is 2. The molecule has 0 fully saturated rings. The van der Waals surface area contributed by atoms with E-state index in [-0.39, 0.29) is 5.56 Å². The normalized spacial score (nSPS) is 11.0. The largest absolute Gasteiger partial charge is 0.497 e. The van der Waals surface area contributed by atoms with Gasteiger partial charge in [-0.25, -0.2) is 4.98 Å². The van der Waals surface area contributed by atoms with Crippen molar-refractivity contribution < 1.29 is 4.74 Å². The fourth-order valence-corrected chi connectivity index (χ4v) is 3.79. The Morgan fingerprint density at radius 3 is 2.56 bits per heavy atom. The van der Waals surface area contributed by atoms with Crippen LogP contribution >= 0.6 is 23.1 Å². The van der Waals surface area contributed by atoms with Crippen LogP contribution in [0.15, 0.2) is 59.7 Å². The van der Waals surface area contributed by atoms with Crippen molar-refractivity contribution in [1.82, 2.24) is 13.9 Å². The van der Waals surface area contributed by atoms with Gasteiger partial charge < -0.3 is 4.74 Å². The molecule has 0 saturated carbocycles. The predicted octanol–water partition coefficient (Wildman–Crippen LogP) is 4.42. The SMILES string of the molecule is COc1ccc(CCn2cnc3c(-c4ccc(Cl)cc4)nsc3c2=O)cc1. The molecule has 0 N–H and O–H groups in total. The summed E-state index contributed by atoms with van der Waals surface area (Å²) < 4.78 is 11.8. The number of hydrogen-bond donors (Lipinski definition) is 0. The molecule has 2 aromatic carbocycles. The van der Waals surface area contributed by atoms with E-state index < -0.39 is 0 Å². The van der Waals surface area contributed by atoms with E-state index in [1.165, 1.54) is 11.5 Å². The summed E-state index contributed by atoms with van der Waals surface area (Å²) in [5.41, 5.74) is 3.31. The molecule has 136 valence electrons. The Labute approximate surface area is 165 Å². The van der Waals surface area contributed by atoms with Gasteiger partial charge in [-0.1, -0.05) is 35.9 Å². The molecule has 0 aliphatic heterocycles. The van der Waals surface area contributed by atoms with Crippen molar-refractivity contribution >= 4 is 33.4 Å². The second kappa shape index (κ2) is 7.50. The van der Waals surface area contributed by atoms with Gasteiger partial charge in [0, 0.05) is 17.1 Å². The van der Waals surface area contributed by atoms with Crippen molar-refractivity contribution in [1.29, 1.82) is 0 Å². The van der Waals surface area contributed by atoms with Crippen LogP contribution in [0.5, 0.6) is 5.75 Å². The van der Waals surface area contributed by atoms with Crippen molar-refractivity contribution in [3.8, 4) is 17.0 Å². The first kappa shape index (κ1) is 17.7. The zero-order valence-electron chi connectivity index (χ0n) is 14.6. The summed E-state index contributed by atoms with van der Waals surface area (Å²) in [6.45, 7) is 0.558. The first-order valence-electron chi connectivity index (χ1n) is 8.39. The van der Waals surface area contributed by atoms with Gasteiger partial charge >= 0.3 is 0 Å². The molecule has 4 aromatic rings. The Hall–Kier alpha value is -2.70. The number of rotatable bonds is 5. The van der Waals surface area contributed by atoms with Crippen LogP contribution in [0.3, 0.4) is 0 Å². The highest BCUT2D eigenvalue weighted by Gasteiger charge is 2.14. The fourth-order valence-electron chi connectivity index (χ4n) is 2.85. The number of aromatic nitrogens is 3. The number of fused-ring (bicyclic) bond motifs is 1. The zero-order valence-corrected chi connectivity index (χ0v) is 16.1. The number of methoxy groups -OCH3 is 1. The molecule has 0 bridgehead atoms. The molecule has 0 aliphatic carbocycles. The van der Waals surface area contributed by atoms with Crippen LogP contribution in [0.2, 0.25) is 5.02 Å². The van der Waals surface area contributed by atoms with Gasteiger partial charge in [0.2, 0.25) is 0 Å². The van der Waals surface area contributed by atoms with Crippen LogP contribution in [0, 0.1) is 0 Å². The number of hydrogen-bond acceptors (Lipinski definition) is 5. The van der Waals surface area contributed by atoms with Crippen LogP contribution in [0.1, 0.15) is 5.56 Å². The second-order valence-electron chi connectivity index (χ2n) is 6.06. The number of benzene rings is 2. The van der Waals surface area contributed by atoms with E-state index in [1.54, 1.807) is 30.1 Å². The molecule has 0 saturated heterocycles. The minimum absolute atomic E-state index is 0.0637. The molecule has 0 radical (unpaired) electrons. The van der Waals surface area contributed by atoms with E-state index in [0.717, 1.165) is 23.3 Å². The minimum atomic E-state index is -0.0637. The van der Waals surface area contributed by atoms with Crippen LogP contribution in [-0.2, 0) is 13.0 Å². The number of nitrogens with zero attached hydrogens (tertiary/aromatic N) is 3. The van der Waals surface area contributed by atoms with Gasteiger partial charge in [0.05, 0.1) is 13.4 Å². The smallest absolute Gasteiger partial charge is 0.272 e. The van der Waals surface area contributed by atoms with Crippen molar-refractivity contribution in [2.75, 3.05) is 7.11 Å². The van der Waals surface area contributed by atoms with Crippen molar-refractivity contribution in [3.63, 3.8) is 0 Å². The molecule has 0 unspecified atom stereocenters. The Balaban J connectivity index is 1.60. The van der Waals surface area contributed by atoms with Gasteiger partial charge in [0.15, 0.2) is 0 Å². The highest BCUT2D eigenvalue weighted by atomic mass is 35.5. The van der Waals surface area contributed by atoms with Gasteiger partial charge in [-0.2, -0.15) is 4.37 Å². The summed E-state index contributed by atoms with van der Waals surface area (Å²) in [4.78, 5) is 17.3. The maximum absolute atomic E-state index is 12.8. The molecule has 0 spiro atoms. The van der Waals surface area contributed by atoms with Gasteiger partial charge in [-0.05, 0) is 47.8 Å². The van der Waals surface area contributed by atoms with Crippen molar-refractivity contribution in [2.24, 2.45) is 0 Å². The van der Waals surface area contributed by atoms with E-state index in [1.807, 2.05) is 36.4 Å². The lowest BCUT2D eigenvalue weighted by Crippen LogP contribution is -2.20. The third-order valence-corrected chi connectivity index (χ3v) is 5.44. The molecule has 2 heterocycles. The lowest BCUT2D eigenvalue weighted by Gasteiger charge is -2.06. The first-order chi connectivity index (χ1) is 13.2. The maximum atomic E-state index is 12.8. The summed E-state index contributed by atoms with van der Waals surface area (Å²) in [7, 11) is 1.64. The third kappa shape index (κ3) is 3.59. The lowest BCUT2D eigenvalue weighted by molar-refractivity contribution is 0.414. The summed E-state index contributed by atoms with van der Waals surface area (Å²) in [6, 6.07) is 15.2. The van der Waals surface area contributed by atoms with Crippen LogP contribution in [0.25, 0.3) is 21.5 Å². The maximum Gasteiger partial charge on any atom is 0.272 e. The number of halogens is 1. The van der Waals surface area contributed by atoms with E-state index in [0.29, 0.717) is 27.5 Å². The summed E-state index contributed by atoms with van der Waals surface area (Å²) in [5, 5.41) is 0.659. The molecule has 7 heteroatoms. The quantitative estimate of drug-likeness (QED) is 0.500. The van der Waals surface area contributed by atoms with Gasteiger partial charge in [0.1, 0.15) is 21.7 Å². The standard InChI is InChI=1S/C20H16ClN3O2S/c1-26-16-8-2-13(3-9-16)10-11-24-12-22-18-17(23-27-19(18)20(24)25)14-4-6-15(21)7-5-14/h2-9,12H,10-11H2,1H3. The molecule has 5 nitrogen and oxygen atoms in total. The second-order valence-corrected chi connectivity index (χ2v) is 7.27. The van der Waals surface area contributed by atoms with Gasteiger partial charge in [-0.3, -0.25) is 9.36 Å². The minimum Gasteiger partial charge on any atom is -0.497 e. The van der Waals surface area contributed by atoms with E-state index in [9.17, 15) is 4.79 Å². The Morgan fingerprint density at radius 1 is 1.11 bits per heavy atom. The molecule has 0 aliphatic rings. The zero-order chi connectivity index (χ0) is 18.8. The van der Waals surface area contributed by atoms with E-state index >= 15 is 0 Å². The molecular formula is C20H16ClN3O2S. The average molecular weight is 398 g/mol. The number of ether oxygens (including phenoxy) is 1. The summed E-state index contributed by atoms with van der Waals surface area (Å²) in [6.07, 6.45) is 2.34. The fraction of sp³-hybridized carbons (Fsp3) is 0.150. The van der Waals surface area contributed by atoms with Crippen molar-refractivity contribution in [2.45, 2.75) is 13.0 Å². The highest BCUT2D eigenvalue weighted by Crippen LogP contribution is 2.28. The lowest BCUT2D eigenvalue weighted by atomic mass is 10.1. The molecule has 0 amide bonds. The van der Waals surface area contributed by atoms with E-state index in [4.69, 9.17) is 16.3 Å². The van der Waals surface area contributed by atoms with Crippen molar-refractivity contribution in [3.05, 3.63) is 75.8 Å². The third-order valence-electron chi connectivity index (χ3n) is 4.37. The molecule has 27 heavy (non-hydrogen) atoms. The Morgan fingerprint density at radius 2 is 1.85 bits per heavy atom. The van der Waals surface area contributed by atoms with Gasteiger partial charge in [0.25, 0.3) is 5.56 Å². The highest BCUT2D eigenvalue weighted by molar-refractivity contribution is 7.13. The monoisotopic (exact) mass is 397 g/mol. The predicted molar refractivity (Wildman–Crippen MR) is 109 cm³/mol. The summed E-state index contributed by atoms with van der Waals surface area (Å²) >= 11 is 7.13. The summed E-state index contributed by atoms with van der Waals surface area (Å²) in [5.74, 6) is 0.818. The van der Waals surface area contributed by atoms with Crippen LogP contribution in [0.4, 0.5) is 0 Å². The van der Waals surface area contributed by atoms with Gasteiger partial charge in [-0.15, -0.1) is 0 Å². The Kier molecular flexibility index (Phi) is 4.92.